The molecule has 8 atom stereocenters. The molecule has 1 heterocycles. The number of hydrogen-bond acceptors (Lipinski definition) is 3. The van der Waals surface area contributed by atoms with E-state index in [0.717, 1.165) is 37.5 Å². The first-order chi connectivity index (χ1) is 13.9. The van der Waals surface area contributed by atoms with Crippen LogP contribution >= 0.6 is 0 Å². The van der Waals surface area contributed by atoms with Gasteiger partial charge in [-0.1, -0.05) is 6.92 Å². The van der Waals surface area contributed by atoms with Crippen molar-refractivity contribution in [2.24, 2.45) is 40.9 Å². The highest BCUT2D eigenvalue weighted by Crippen LogP contribution is 2.64. The zero-order chi connectivity index (χ0) is 20.2. The van der Waals surface area contributed by atoms with E-state index in [0.29, 0.717) is 42.9 Å². The summed E-state index contributed by atoms with van der Waals surface area (Å²) in [5, 5.41) is 10.5. The molecule has 4 aliphatic carbocycles. The summed E-state index contributed by atoms with van der Waals surface area (Å²) in [4.78, 5) is 17.2. The first-order valence-electron chi connectivity index (χ1n) is 11.7. The Morgan fingerprint density at radius 1 is 1.14 bits per heavy atom. The van der Waals surface area contributed by atoms with Crippen molar-refractivity contribution in [2.45, 2.75) is 76.9 Å². The molecule has 0 bridgehead atoms. The maximum atomic E-state index is 13.3. The number of alkyl halides is 1. The van der Waals surface area contributed by atoms with Crippen LogP contribution in [0.1, 0.15) is 64.7 Å². The van der Waals surface area contributed by atoms with Gasteiger partial charge in [-0.15, -0.1) is 0 Å². The molecule has 1 N–H and O–H groups in total. The predicted molar refractivity (Wildman–Crippen MR) is 109 cm³/mol. The summed E-state index contributed by atoms with van der Waals surface area (Å²) in [6, 6.07) is 0. The van der Waals surface area contributed by atoms with Crippen LogP contribution in [0.2, 0.25) is 0 Å². The number of nitrogens with zero attached hydrogens (tertiary/aromatic N) is 2. The fourth-order valence-electron chi connectivity index (χ4n) is 8.28. The van der Waals surface area contributed by atoms with Gasteiger partial charge in [0.25, 0.3) is 0 Å². The van der Waals surface area contributed by atoms with Crippen LogP contribution in [0, 0.1) is 40.9 Å². The lowest BCUT2D eigenvalue weighted by atomic mass is 9.49. The number of halogens is 1. The zero-order valence-corrected chi connectivity index (χ0v) is 17.6. The van der Waals surface area contributed by atoms with Crippen LogP contribution in [-0.4, -0.2) is 32.7 Å². The van der Waals surface area contributed by atoms with Crippen molar-refractivity contribution < 1.29 is 14.3 Å². The van der Waals surface area contributed by atoms with Crippen molar-refractivity contribution in [1.29, 1.82) is 0 Å². The molecule has 5 rings (SSSR count). The van der Waals surface area contributed by atoms with E-state index in [4.69, 9.17) is 0 Å². The van der Waals surface area contributed by atoms with Crippen molar-refractivity contribution in [3.8, 4) is 0 Å². The molecule has 0 aromatic carbocycles. The van der Waals surface area contributed by atoms with Crippen LogP contribution < -0.4 is 0 Å². The van der Waals surface area contributed by atoms with Gasteiger partial charge in [-0.25, -0.2) is 9.37 Å². The number of ketones is 1. The Morgan fingerprint density at radius 2 is 1.97 bits per heavy atom. The van der Waals surface area contributed by atoms with Gasteiger partial charge >= 0.3 is 0 Å². The number of hydrogen-bond donors (Lipinski definition) is 1. The van der Waals surface area contributed by atoms with Gasteiger partial charge in [-0.2, -0.15) is 0 Å². The van der Waals surface area contributed by atoms with Gasteiger partial charge in [0.2, 0.25) is 0 Å². The van der Waals surface area contributed by atoms with Gasteiger partial charge < -0.3 is 9.67 Å². The van der Waals surface area contributed by atoms with E-state index in [9.17, 15) is 14.3 Å². The van der Waals surface area contributed by atoms with Crippen LogP contribution in [0.25, 0.3) is 0 Å². The van der Waals surface area contributed by atoms with Gasteiger partial charge in [0.05, 0.1) is 18.5 Å². The van der Waals surface area contributed by atoms with Crippen LogP contribution in [-0.2, 0) is 11.3 Å². The summed E-state index contributed by atoms with van der Waals surface area (Å²) in [7, 11) is 0. The molecule has 1 aromatic heterocycles. The van der Waals surface area contributed by atoms with E-state index in [1.165, 1.54) is 19.3 Å². The Bertz CT molecular complexity index is 752. The summed E-state index contributed by atoms with van der Waals surface area (Å²) >= 11 is 0. The SMILES string of the molecule is C[C@]12CC[C@H]3[C@@H](CC[C@@H]4C[C@@](O)(CF)CC[C@@H]43)[C@@H]1CC[C@@H]2C(=O)Cn1ccnc1. The van der Waals surface area contributed by atoms with E-state index < -0.39 is 12.3 Å². The largest absolute Gasteiger partial charge is 0.387 e. The molecular formula is C24H35FN2O2. The van der Waals surface area contributed by atoms with Gasteiger partial charge in [-0.05, 0) is 92.8 Å². The van der Waals surface area contributed by atoms with Crippen LogP contribution in [0.15, 0.2) is 18.7 Å². The minimum Gasteiger partial charge on any atom is -0.387 e. The average Bonchev–Trinajstić information content (AvgIpc) is 3.34. The van der Waals surface area contributed by atoms with Gasteiger partial charge in [-0.3, -0.25) is 4.79 Å². The lowest BCUT2D eigenvalue weighted by Crippen LogP contribution is -2.52. The topological polar surface area (TPSA) is 55.1 Å². The molecule has 4 nitrogen and oxygen atoms in total. The molecule has 160 valence electrons. The van der Waals surface area contributed by atoms with E-state index >= 15 is 0 Å². The molecule has 0 aliphatic heterocycles. The second kappa shape index (κ2) is 7.18. The Kier molecular flexibility index (Phi) is 4.88. The second-order valence-electron chi connectivity index (χ2n) is 10.9. The molecule has 0 unspecified atom stereocenters. The molecule has 4 fully saturated rings. The number of imidazole rings is 1. The third kappa shape index (κ3) is 3.19. The minimum absolute atomic E-state index is 0.139. The van der Waals surface area contributed by atoms with E-state index in [1.807, 2.05) is 10.8 Å². The highest BCUT2D eigenvalue weighted by molar-refractivity contribution is 5.82. The summed E-state index contributed by atoms with van der Waals surface area (Å²) in [6.45, 7) is 2.26. The van der Waals surface area contributed by atoms with Gasteiger partial charge in [0, 0.05) is 18.3 Å². The van der Waals surface area contributed by atoms with Crippen LogP contribution in [0.5, 0.6) is 0 Å². The Morgan fingerprint density at radius 3 is 2.72 bits per heavy atom. The maximum absolute atomic E-state index is 13.3. The number of aliphatic hydroxyl groups is 1. The molecule has 5 heteroatoms. The third-order valence-corrected chi connectivity index (χ3v) is 9.64. The number of carbonyl (C=O) groups is 1. The number of rotatable bonds is 4. The van der Waals surface area contributed by atoms with E-state index in [2.05, 4.69) is 11.9 Å². The van der Waals surface area contributed by atoms with Crippen molar-refractivity contribution >= 4 is 5.78 Å². The van der Waals surface area contributed by atoms with Crippen molar-refractivity contribution in [1.82, 2.24) is 9.55 Å². The standard InChI is InChI=1S/C24H35FN2O2/c1-23-8-6-18-17-7-9-24(29,14-25)12-16(17)2-3-19(18)20(23)4-5-21(23)22(28)13-27-11-10-26-15-27/h10-11,15-21,29H,2-9,12-14H2,1H3/t16-,17+,18-,19-,20+,21-,23+,24-/m1/s1. The number of carbonyl (C=O) groups excluding carboxylic acids is 1. The lowest BCUT2D eigenvalue weighted by molar-refractivity contribution is -0.134. The predicted octanol–water partition coefficient (Wildman–Crippen LogP) is 4.42. The summed E-state index contributed by atoms with van der Waals surface area (Å²) in [6.07, 6.45) is 14.6. The Balaban J connectivity index is 1.31. The normalized spacial score (nSPS) is 46.6. The molecule has 4 aliphatic rings. The average molecular weight is 403 g/mol. The quantitative estimate of drug-likeness (QED) is 0.811. The number of fused-ring (bicyclic) bond motifs is 5. The van der Waals surface area contributed by atoms with Crippen LogP contribution in [0.3, 0.4) is 0 Å². The molecule has 0 saturated heterocycles. The highest BCUT2D eigenvalue weighted by atomic mass is 19.1. The van der Waals surface area contributed by atoms with Crippen molar-refractivity contribution in [2.75, 3.05) is 6.67 Å². The Labute approximate surface area is 173 Å². The molecular weight excluding hydrogens is 367 g/mol. The monoisotopic (exact) mass is 402 g/mol. The first kappa shape index (κ1) is 19.7. The molecule has 0 radical (unpaired) electrons. The Hall–Kier alpha value is -1.23. The molecule has 1 aromatic rings. The highest BCUT2D eigenvalue weighted by Gasteiger charge is 2.58. The summed E-state index contributed by atoms with van der Waals surface area (Å²) in [5.74, 6) is 3.81. The van der Waals surface area contributed by atoms with Crippen molar-refractivity contribution in [3.63, 3.8) is 0 Å². The molecule has 29 heavy (non-hydrogen) atoms. The van der Waals surface area contributed by atoms with Crippen LogP contribution in [0.4, 0.5) is 4.39 Å². The lowest BCUT2D eigenvalue weighted by Gasteiger charge is -2.57. The number of Topliss-reactive ketones (excluding diaryl/α,β-unsaturated/α-hetero) is 1. The van der Waals surface area contributed by atoms with E-state index in [1.54, 1.807) is 12.5 Å². The maximum Gasteiger partial charge on any atom is 0.156 e. The molecule has 4 saturated carbocycles. The second-order valence-corrected chi connectivity index (χ2v) is 10.9. The first-order valence-corrected chi connectivity index (χ1v) is 11.7. The summed E-state index contributed by atoms with van der Waals surface area (Å²) < 4.78 is 15.3. The fraction of sp³-hybridized carbons (Fsp3) is 0.833. The molecule has 0 spiro atoms. The number of aromatic nitrogens is 2. The summed E-state index contributed by atoms with van der Waals surface area (Å²) in [5.41, 5.74) is -0.921. The van der Waals surface area contributed by atoms with Gasteiger partial charge in [0.15, 0.2) is 5.78 Å². The third-order valence-electron chi connectivity index (χ3n) is 9.64. The fourth-order valence-corrected chi connectivity index (χ4v) is 8.28. The zero-order valence-electron chi connectivity index (χ0n) is 17.6. The smallest absolute Gasteiger partial charge is 0.156 e. The minimum atomic E-state index is -1.06. The van der Waals surface area contributed by atoms with Gasteiger partial charge in [0.1, 0.15) is 6.67 Å². The van der Waals surface area contributed by atoms with Crippen molar-refractivity contribution in [3.05, 3.63) is 18.7 Å². The van der Waals surface area contributed by atoms with E-state index in [-0.39, 0.29) is 11.3 Å². The molecule has 0 amide bonds.